The van der Waals surface area contributed by atoms with E-state index in [0.29, 0.717) is 5.91 Å². The topological polar surface area (TPSA) is 49.3 Å². The monoisotopic (exact) mass is 246 g/mol. The summed E-state index contributed by atoms with van der Waals surface area (Å²) in [6.07, 6.45) is 5.83. The van der Waals surface area contributed by atoms with Gasteiger partial charge in [0.1, 0.15) is 5.82 Å². The third-order valence-electron chi connectivity index (χ3n) is 3.71. The Kier molecular flexibility index (Phi) is 2.89. The first-order chi connectivity index (χ1) is 8.74. The summed E-state index contributed by atoms with van der Waals surface area (Å²) >= 11 is 0. The zero-order valence-corrected chi connectivity index (χ0v) is 10.7. The van der Waals surface area contributed by atoms with Crippen LogP contribution in [0.2, 0.25) is 0 Å². The molecule has 3 heterocycles. The van der Waals surface area contributed by atoms with Crippen molar-refractivity contribution in [3.8, 4) is 0 Å². The Morgan fingerprint density at radius 1 is 1.28 bits per heavy atom. The van der Waals surface area contributed by atoms with Crippen LogP contribution in [0.15, 0.2) is 12.4 Å². The zero-order valence-electron chi connectivity index (χ0n) is 10.7. The van der Waals surface area contributed by atoms with Crippen molar-refractivity contribution >= 4 is 11.7 Å². The van der Waals surface area contributed by atoms with Crippen molar-refractivity contribution in [1.29, 1.82) is 0 Å². The highest BCUT2D eigenvalue weighted by Gasteiger charge is 2.36. The molecule has 2 fully saturated rings. The highest BCUT2D eigenvalue weighted by atomic mass is 16.2. The van der Waals surface area contributed by atoms with Crippen molar-refractivity contribution in [2.45, 2.75) is 19.8 Å². The largest absolute Gasteiger partial charge is 0.354 e. The minimum Gasteiger partial charge on any atom is -0.354 e. The molecule has 0 radical (unpaired) electrons. The molecule has 0 spiro atoms. The van der Waals surface area contributed by atoms with E-state index in [1.807, 2.05) is 11.8 Å². The molecule has 0 aromatic carbocycles. The van der Waals surface area contributed by atoms with Crippen molar-refractivity contribution in [3.63, 3.8) is 0 Å². The molecule has 2 aliphatic heterocycles. The summed E-state index contributed by atoms with van der Waals surface area (Å²) in [4.78, 5) is 24.8. The highest BCUT2D eigenvalue weighted by molar-refractivity contribution is 5.82. The normalized spacial score (nSPS) is 20.1. The molecule has 0 bridgehead atoms. The van der Waals surface area contributed by atoms with E-state index in [2.05, 4.69) is 14.9 Å². The van der Waals surface area contributed by atoms with Gasteiger partial charge in [0.05, 0.1) is 17.8 Å². The predicted molar refractivity (Wildman–Crippen MR) is 68.3 cm³/mol. The SMILES string of the molecule is Cc1cncc(N2CC(C(=O)N3CCCC3)C2)n1. The lowest BCUT2D eigenvalue weighted by Gasteiger charge is -2.40. The van der Waals surface area contributed by atoms with E-state index in [9.17, 15) is 4.79 Å². The minimum atomic E-state index is 0.158. The van der Waals surface area contributed by atoms with Crippen LogP contribution in [0.4, 0.5) is 5.82 Å². The number of rotatable bonds is 2. The highest BCUT2D eigenvalue weighted by Crippen LogP contribution is 2.25. The first kappa shape index (κ1) is 11.4. The molecule has 18 heavy (non-hydrogen) atoms. The van der Waals surface area contributed by atoms with Gasteiger partial charge >= 0.3 is 0 Å². The van der Waals surface area contributed by atoms with Crippen molar-refractivity contribution in [3.05, 3.63) is 18.1 Å². The molecule has 2 saturated heterocycles. The molecule has 96 valence electrons. The fourth-order valence-electron chi connectivity index (χ4n) is 2.62. The maximum atomic E-state index is 12.1. The predicted octanol–water partition coefficient (Wildman–Crippen LogP) is 0.844. The number of nitrogens with zero attached hydrogens (tertiary/aromatic N) is 4. The van der Waals surface area contributed by atoms with Crippen LogP contribution >= 0.6 is 0 Å². The van der Waals surface area contributed by atoms with E-state index in [0.717, 1.165) is 50.5 Å². The zero-order chi connectivity index (χ0) is 12.5. The fourth-order valence-corrected chi connectivity index (χ4v) is 2.62. The third-order valence-corrected chi connectivity index (χ3v) is 3.71. The summed E-state index contributed by atoms with van der Waals surface area (Å²) in [5, 5.41) is 0. The molecule has 0 aliphatic carbocycles. The summed E-state index contributed by atoms with van der Waals surface area (Å²) in [7, 11) is 0. The van der Waals surface area contributed by atoms with E-state index in [-0.39, 0.29) is 5.92 Å². The quantitative estimate of drug-likeness (QED) is 0.776. The van der Waals surface area contributed by atoms with Gasteiger partial charge in [0, 0.05) is 32.4 Å². The molecule has 0 unspecified atom stereocenters. The smallest absolute Gasteiger partial charge is 0.229 e. The summed E-state index contributed by atoms with van der Waals surface area (Å²) in [6, 6.07) is 0. The average Bonchev–Trinajstić information content (AvgIpc) is 2.80. The Bertz CT molecular complexity index is 450. The number of aromatic nitrogens is 2. The van der Waals surface area contributed by atoms with Crippen LogP contribution in [0.3, 0.4) is 0 Å². The molecule has 0 N–H and O–H groups in total. The van der Waals surface area contributed by atoms with Gasteiger partial charge < -0.3 is 9.80 Å². The second-order valence-electron chi connectivity index (χ2n) is 5.15. The molecule has 0 atom stereocenters. The number of amides is 1. The third kappa shape index (κ3) is 2.05. The molecule has 5 nitrogen and oxygen atoms in total. The van der Waals surface area contributed by atoms with Crippen LogP contribution in [-0.4, -0.2) is 47.0 Å². The Morgan fingerprint density at radius 2 is 2.00 bits per heavy atom. The second kappa shape index (κ2) is 4.55. The van der Waals surface area contributed by atoms with Gasteiger partial charge in [-0.15, -0.1) is 0 Å². The number of carbonyl (C=O) groups is 1. The number of hydrogen-bond acceptors (Lipinski definition) is 4. The van der Waals surface area contributed by atoms with E-state index in [1.54, 1.807) is 12.4 Å². The molecule has 1 amide bonds. The molecule has 3 rings (SSSR count). The number of carbonyl (C=O) groups excluding carboxylic acids is 1. The van der Waals surface area contributed by atoms with Crippen LogP contribution < -0.4 is 4.90 Å². The lowest BCUT2D eigenvalue weighted by atomic mass is 9.98. The maximum Gasteiger partial charge on any atom is 0.229 e. The van der Waals surface area contributed by atoms with Crippen molar-refractivity contribution in [1.82, 2.24) is 14.9 Å². The average molecular weight is 246 g/mol. The minimum absolute atomic E-state index is 0.158. The molecule has 1 aromatic rings. The Balaban J connectivity index is 1.58. The molecule has 1 aromatic heterocycles. The van der Waals surface area contributed by atoms with Gasteiger partial charge in [0.2, 0.25) is 5.91 Å². The second-order valence-corrected chi connectivity index (χ2v) is 5.15. The molecule has 2 aliphatic rings. The lowest BCUT2D eigenvalue weighted by Crippen LogP contribution is -2.54. The Hall–Kier alpha value is -1.65. The summed E-state index contributed by atoms with van der Waals surface area (Å²) in [5.41, 5.74) is 0.918. The summed E-state index contributed by atoms with van der Waals surface area (Å²) < 4.78 is 0. The van der Waals surface area contributed by atoms with Crippen LogP contribution in [0.5, 0.6) is 0 Å². The van der Waals surface area contributed by atoms with Gasteiger partial charge in [-0.05, 0) is 19.8 Å². The Labute approximate surface area is 107 Å². The van der Waals surface area contributed by atoms with E-state index < -0.39 is 0 Å². The maximum absolute atomic E-state index is 12.1. The van der Waals surface area contributed by atoms with Gasteiger partial charge in [-0.3, -0.25) is 9.78 Å². The van der Waals surface area contributed by atoms with Crippen LogP contribution in [0.25, 0.3) is 0 Å². The van der Waals surface area contributed by atoms with E-state index >= 15 is 0 Å². The van der Waals surface area contributed by atoms with Crippen molar-refractivity contribution in [2.75, 3.05) is 31.1 Å². The van der Waals surface area contributed by atoms with Crippen molar-refractivity contribution in [2.24, 2.45) is 5.92 Å². The first-order valence-corrected chi connectivity index (χ1v) is 6.56. The van der Waals surface area contributed by atoms with E-state index in [1.165, 1.54) is 0 Å². The Morgan fingerprint density at radius 3 is 2.67 bits per heavy atom. The molecule has 5 heteroatoms. The van der Waals surface area contributed by atoms with Crippen LogP contribution in [0.1, 0.15) is 18.5 Å². The number of hydrogen-bond donors (Lipinski definition) is 0. The molecule has 0 saturated carbocycles. The van der Waals surface area contributed by atoms with Crippen LogP contribution in [0, 0.1) is 12.8 Å². The molecular formula is C13H18N4O. The van der Waals surface area contributed by atoms with Gasteiger partial charge in [-0.2, -0.15) is 0 Å². The standard InChI is InChI=1S/C13H18N4O/c1-10-6-14-7-12(15-10)17-8-11(9-17)13(18)16-4-2-3-5-16/h6-7,11H,2-5,8-9H2,1H3. The van der Waals surface area contributed by atoms with Gasteiger partial charge in [-0.1, -0.05) is 0 Å². The van der Waals surface area contributed by atoms with Gasteiger partial charge in [-0.25, -0.2) is 4.98 Å². The van der Waals surface area contributed by atoms with Gasteiger partial charge in [0.25, 0.3) is 0 Å². The van der Waals surface area contributed by atoms with Crippen LogP contribution in [-0.2, 0) is 4.79 Å². The number of anilines is 1. The van der Waals surface area contributed by atoms with Crippen molar-refractivity contribution < 1.29 is 4.79 Å². The number of aryl methyl sites for hydroxylation is 1. The first-order valence-electron chi connectivity index (χ1n) is 6.56. The number of likely N-dealkylation sites (tertiary alicyclic amines) is 1. The lowest BCUT2D eigenvalue weighted by molar-refractivity contribution is -0.135. The summed E-state index contributed by atoms with van der Waals surface area (Å²) in [5.74, 6) is 1.37. The summed E-state index contributed by atoms with van der Waals surface area (Å²) in [6.45, 7) is 5.39. The fraction of sp³-hybridized carbons (Fsp3) is 0.615. The van der Waals surface area contributed by atoms with E-state index in [4.69, 9.17) is 0 Å². The van der Waals surface area contributed by atoms with Gasteiger partial charge in [0.15, 0.2) is 0 Å². The molecular weight excluding hydrogens is 228 g/mol.